The van der Waals surface area contributed by atoms with E-state index in [4.69, 9.17) is 0 Å². The molecule has 1 saturated heterocycles. The van der Waals surface area contributed by atoms with Crippen LogP contribution in [0.15, 0.2) is 49.1 Å². The average molecular weight is 257 g/mol. The monoisotopic (exact) mass is 257 g/mol. The lowest BCUT2D eigenvalue weighted by Crippen LogP contribution is -2.50. The van der Waals surface area contributed by atoms with Crippen LogP contribution in [0.25, 0.3) is 0 Å². The Hall–Kier alpha value is -1.57. The summed E-state index contributed by atoms with van der Waals surface area (Å²) in [6, 6.07) is 0. The van der Waals surface area contributed by atoms with Crippen molar-refractivity contribution in [2.45, 2.75) is 26.2 Å². The summed E-state index contributed by atoms with van der Waals surface area (Å²) in [5.41, 5.74) is 1.03. The fraction of sp³-hybridized carbons (Fsp3) is 0.471. The van der Waals surface area contributed by atoms with Gasteiger partial charge in [-0.05, 0) is 30.3 Å². The van der Waals surface area contributed by atoms with Crippen molar-refractivity contribution in [2.75, 3.05) is 13.1 Å². The third-order valence-electron chi connectivity index (χ3n) is 4.31. The molecule has 0 bridgehead atoms. The Kier molecular flexibility index (Phi) is 4.08. The maximum atomic E-state index is 12.6. The van der Waals surface area contributed by atoms with Gasteiger partial charge in [-0.1, -0.05) is 50.5 Å². The summed E-state index contributed by atoms with van der Waals surface area (Å²) < 4.78 is 0. The first-order valence-corrected chi connectivity index (χ1v) is 7.00. The van der Waals surface area contributed by atoms with Gasteiger partial charge in [0.2, 0.25) is 5.91 Å². The van der Waals surface area contributed by atoms with Crippen molar-refractivity contribution in [2.24, 2.45) is 11.3 Å². The first-order valence-electron chi connectivity index (χ1n) is 7.00. The van der Waals surface area contributed by atoms with E-state index in [9.17, 15) is 4.79 Å². The summed E-state index contributed by atoms with van der Waals surface area (Å²) >= 11 is 0. The number of amides is 1. The summed E-state index contributed by atoms with van der Waals surface area (Å²) in [5.74, 6) is 0.452. The van der Waals surface area contributed by atoms with Gasteiger partial charge in [-0.25, -0.2) is 0 Å². The molecule has 2 atom stereocenters. The number of fused-ring (bicyclic) bond motifs is 1. The molecule has 1 heterocycles. The van der Waals surface area contributed by atoms with Gasteiger partial charge >= 0.3 is 0 Å². The van der Waals surface area contributed by atoms with Crippen LogP contribution in [-0.2, 0) is 4.79 Å². The van der Waals surface area contributed by atoms with Gasteiger partial charge < -0.3 is 4.90 Å². The van der Waals surface area contributed by atoms with Crippen LogP contribution in [0.4, 0.5) is 0 Å². The Morgan fingerprint density at radius 1 is 1.63 bits per heavy atom. The summed E-state index contributed by atoms with van der Waals surface area (Å²) in [5, 5.41) is 0. The lowest BCUT2D eigenvalue weighted by atomic mass is 9.67. The normalized spacial score (nSPS) is 30.5. The van der Waals surface area contributed by atoms with Crippen LogP contribution in [0.1, 0.15) is 26.2 Å². The van der Waals surface area contributed by atoms with Gasteiger partial charge in [0.15, 0.2) is 0 Å². The first-order chi connectivity index (χ1) is 9.07. The molecule has 2 nitrogen and oxygen atoms in total. The molecule has 0 spiro atoms. The van der Waals surface area contributed by atoms with E-state index in [1.54, 1.807) is 6.08 Å². The molecule has 2 aliphatic rings. The SMILES string of the molecule is C=C/C=C\C(=C)CN1CCC2(C)C=CCCC2C1=O. The summed E-state index contributed by atoms with van der Waals surface area (Å²) in [6.07, 6.45) is 13.1. The zero-order chi connectivity index (χ0) is 13.9. The minimum absolute atomic E-state index is 0.0735. The van der Waals surface area contributed by atoms with Crippen LogP contribution in [-0.4, -0.2) is 23.9 Å². The molecule has 0 aromatic carbocycles. The van der Waals surface area contributed by atoms with E-state index < -0.39 is 0 Å². The molecule has 0 aromatic heterocycles. The molecule has 2 heteroatoms. The topological polar surface area (TPSA) is 20.3 Å². The van der Waals surface area contributed by atoms with Crippen LogP contribution in [0, 0.1) is 11.3 Å². The lowest BCUT2D eigenvalue weighted by molar-refractivity contribution is -0.143. The average Bonchev–Trinajstić information content (AvgIpc) is 2.40. The highest BCUT2D eigenvalue weighted by molar-refractivity contribution is 5.81. The third kappa shape index (κ3) is 2.89. The summed E-state index contributed by atoms with van der Waals surface area (Å²) in [4.78, 5) is 14.5. The quantitative estimate of drug-likeness (QED) is 0.557. The van der Waals surface area contributed by atoms with Gasteiger partial charge in [0.05, 0.1) is 0 Å². The van der Waals surface area contributed by atoms with Crippen molar-refractivity contribution in [1.82, 2.24) is 4.90 Å². The largest absolute Gasteiger partial charge is 0.338 e. The summed E-state index contributed by atoms with van der Waals surface area (Å²) in [6.45, 7) is 11.3. The number of carbonyl (C=O) groups excluding carboxylic acids is 1. The number of rotatable bonds is 4. The molecule has 1 fully saturated rings. The van der Waals surface area contributed by atoms with Crippen molar-refractivity contribution < 1.29 is 4.79 Å². The van der Waals surface area contributed by atoms with Gasteiger partial charge in [-0.2, -0.15) is 0 Å². The van der Waals surface area contributed by atoms with Crippen molar-refractivity contribution >= 4 is 5.91 Å². The Morgan fingerprint density at radius 2 is 2.42 bits per heavy atom. The van der Waals surface area contributed by atoms with Gasteiger partial charge in [0.25, 0.3) is 0 Å². The van der Waals surface area contributed by atoms with Crippen molar-refractivity contribution in [3.05, 3.63) is 49.1 Å². The smallest absolute Gasteiger partial charge is 0.226 e. The molecule has 1 aliphatic carbocycles. The standard InChI is InChI=1S/C17H23NO/c1-4-5-8-14(2)13-18-12-11-17(3)10-7-6-9-15(17)16(18)19/h4-5,7-8,10,15H,1-2,6,9,11-13H2,3H3/b8-5-. The second-order valence-corrected chi connectivity index (χ2v) is 5.80. The van der Waals surface area contributed by atoms with Crippen LogP contribution >= 0.6 is 0 Å². The van der Waals surface area contributed by atoms with E-state index in [-0.39, 0.29) is 11.3 Å². The zero-order valence-corrected chi connectivity index (χ0v) is 11.8. The molecule has 1 amide bonds. The van der Waals surface area contributed by atoms with Crippen molar-refractivity contribution in [3.8, 4) is 0 Å². The van der Waals surface area contributed by atoms with Crippen molar-refractivity contribution in [1.29, 1.82) is 0 Å². The second-order valence-electron chi connectivity index (χ2n) is 5.80. The number of carbonyl (C=O) groups is 1. The van der Waals surface area contributed by atoms with E-state index >= 15 is 0 Å². The maximum Gasteiger partial charge on any atom is 0.226 e. The molecule has 2 rings (SSSR count). The maximum absolute atomic E-state index is 12.6. The molecule has 0 aromatic rings. The van der Waals surface area contributed by atoms with E-state index in [0.29, 0.717) is 12.5 Å². The minimum Gasteiger partial charge on any atom is -0.338 e. The Balaban J connectivity index is 2.04. The van der Waals surface area contributed by atoms with Gasteiger partial charge in [-0.3, -0.25) is 4.79 Å². The lowest BCUT2D eigenvalue weighted by Gasteiger charge is -2.45. The van der Waals surface area contributed by atoms with Gasteiger partial charge in [0.1, 0.15) is 0 Å². The van der Waals surface area contributed by atoms with E-state index in [2.05, 4.69) is 32.2 Å². The van der Waals surface area contributed by atoms with Gasteiger partial charge in [0, 0.05) is 19.0 Å². The predicted octanol–water partition coefficient (Wildman–Crippen LogP) is 3.49. The number of hydrogen-bond acceptors (Lipinski definition) is 1. The van der Waals surface area contributed by atoms with Crippen LogP contribution in [0.5, 0.6) is 0 Å². The second kappa shape index (κ2) is 5.60. The number of nitrogens with zero attached hydrogens (tertiary/aromatic N) is 1. The third-order valence-corrected chi connectivity index (χ3v) is 4.31. The Labute approximate surface area is 116 Å². The Morgan fingerprint density at radius 3 is 3.16 bits per heavy atom. The molecule has 102 valence electrons. The molecule has 2 unspecified atom stereocenters. The Bertz CT molecular complexity index is 446. The van der Waals surface area contributed by atoms with Crippen LogP contribution in [0.3, 0.4) is 0 Å². The highest BCUT2D eigenvalue weighted by Gasteiger charge is 2.43. The zero-order valence-electron chi connectivity index (χ0n) is 11.8. The van der Waals surface area contributed by atoms with Crippen LogP contribution in [0.2, 0.25) is 0 Å². The molecular formula is C17H23NO. The van der Waals surface area contributed by atoms with Crippen LogP contribution < -0.4 is 0 Å². The highest BCUT2D eigenvalue weighted by Crippen LogP contribution is 2.43. The highest BCUT2D eigenvalue weighted by atomic mass is 16.2. The molecule has 1 aliphatic heterocycles. The molecule has 19 heavy (non-hydrogen) atoms. The number of hydrogen-bond donors (Lipinski definition) is 0. The first kappa shape index (κ1) is 13.9. The molecular weight excluding hydrogens is 234 g/mol. The predicted molar refractivity (Wildman–Crippen MR) is 79.6 cm³/mol. The number of piperidine rings is 1. The van der Waals surface area contributed by atoms with Gasteiger partial charge in [-0.15, -0.1) is 0 Å². The van der Waals surface area contributed by atoms with E-state index in [1.165, 1.54) is 0 Å². The van der Waals surface area contributed by atoms with E-state index in [0.717, 1.165) is 31.4 Å². The fourth-order valence-corrected chi connectivity index (χ4v) is 3.09. The number of allylic oxidation sites excluding steroid dienone is 4. The fourth-order valence-electron chi connectivity index (χ4n) is 3.09. The molecule has 0 saturated carbocycles. The molecule has 0 N–H and O–H groups in total. The van der Waals surface area contributed by atoms with E-state index in [1.807, 2.05) is 17.1 Å². The molecule has 0 radical (unpaired) electrons. The summed E-state index contributed by atoms with van der Waals surface area (Å²) in [7, 11) is 0. The van der Waals surface area contributed by atoms with Crippen molar-refractivity contribution in [3.63, 3.8) is 0 Å². The number of likely N-dealkylation sites (tertiary alicyclic amines) is 1. The minimum atomic E-state index is 0.0735.